The van der Waals surface area contributed by atoms with Crippen molar-refractivity contribution >= 4 is 17.5 Å². The third kappa shape index (κ3) is 4.20. The smallest absolute Gasteiger partial charge is 0.313 e. The van der Waals surface area contributed by atoms with Gasteiger partial charge in [0.2, 0.25) is 0 Å². The lowest BCUT2D eigenvalue weighted by Crippen LogP contribution is -2.38. The van der Waals surface area contributed by atoms with E-state index in [2.05, 4.69) is 10.6 Å². The lowest BCUT2D eigenvalue weighted by atomic mass is 10.1. The second-order valence-electron chi connectivity index (χ2n) is 5.54. The van der Waals surface area contributed by atoms with Crippen LogP contribution < -0.4 is 10.6 Å². The molecular weight excluding hydrogens is 294 g/mol. The highest BCUT2D eigenvalue weighted by Gasteiger charge is 2.17. The van der Waals surface area contributed by atoms with Gasteiger partial charge in [0.05, 0.1) is 0 Å². The number of aliphatic hydroxyl groups excluding tert-OH is 1. The summed E-state index contributed by atoms with van der Waals surface area (Å²) in [6.07, 6.45) is 0.931. The molecule has 1 heterocycles. The molecule has 0 aliphatic carbocycles. The summed E-state index contributed by atoms with van der Waals surface area (Å²) in [5.41, 5.74) is 3.14. The number of carbonyl (C=O) groups is 2. The Kier molecular flexibility index (Phi) is 5.18. The Morgan fingerprint density at radius 2 is 1.96 bits per heavy atom. The molecule has 0 spiro atoms. The number of aryl methyl sites for hydroxylation is 3. The number of nitrogens with one attached hydrogen (secondary N) is 2. The number of aliphatic hydroxyl groups is 1. The monoisotopic (exact) mass is 315 g/mol. The summed E-state index contributed by atoms with van der Waals surface area (Å²) in [6, 6.07) is 9.17. The molecule has 1 atom stereocenters. The summed E-state index contributed by atoms with van der Waals surface area (Å²) in [7, 11) is 1.80. The van der Waals surface area contributed by atoms with Crippen LogP contribution in [0.2, 0.25) is 0 Å². The zero-order valence-electron chi connectivity index (χ0n) is 13.5. The van der Waals surface area contributed by atoms with Gasteiger partial charge in [0.1, 0.15) is 6.10 Å². The highest BCUT2D eigenvalue weighted by molar-refractivity contribution is 6.39. The molecule has 2 amide bonds. The molecule has 0 radical (unpaired) electrons. The summed E-state index contributed by atoms with van der Waals surface area (Å²) in [6.45, 7) is 3.73. The van der Waals surface area contributed by atoms with Gasteiger partial charge in [-0.25, -0.2) is 0 Å². The highest BCUT2D eigenvalue weighted by Crippen LogP contribution is 2.16. The molecule has 1 aromatic carbocycles. The molecule has 3 N–H and O–H groups in total. The van der Waals surface area contributed by atoms with Crippen LogP contribution in [0.25, 0.3) is 0 Å². The maximum atomic E-state index is 11.9. The van der Waals surface area contributed by atoms with Crippen molar-refractivity contribution in [1.82, 2.24) is 9.88 Å². The van der Waals surface area contributed by atoms with Crippen LogP contribution in [0, 0.1) is 13.8 Å². The van der Waals surface area contributed by atoms with Gasteiger partial charge in [0.15, 0.2) is 0 Å². The van der Waals surface area contributed by atoms with E-state index in [4.69, 9.17) is 0 Å². The van der Waals surface area contributed by atoms with Gasteiger partial charge in [-0.2, -0.15) is 0 Å². The quantitative estimate of drug-likeness (QED) is 0.746. The summed E-state index contributed by atoms with van der Waals surface area (Å²) >= 11 is 0. The van der Waals surface area contributed by atoms with Gasteiger partial charge >= 0.3 is 11.8 Å². The predicted octanol–water partition coefficient (Wildman–Crippen LogP) is 1.43. The van der Waals surface area contributed by atoms with Crippen molar-refractivity contribution in [1.29, 1.82) is 0 Å². The molecular formula is C17H21N3O3. The van der Waals surface area contributed by atoms with Crippen LogP contribution in [-0.2, 0) is 16.6 Å². The maximum Gasteiger partial charge on any atom is 0.313 e. The first-order chi connectivity index (χ1) is 10.9. The molecule has 1 unspecified atom stereocenters. The van der Waals surface area contributed by atoms with Crippen LogP contribution in [0.15, 0.2) is 36.5 Å². The van der Waals surface area contributed by atoms with Crippen molar-refractivity contribution < 1.29 is 14.7 Å². The summed E-state index contributed by atoms with van der Waals surface area (Å²) in [5.74, 6) is -1.53. The van der Waals surface area contributed by atoms with Gasteiger partial charge in [-0.15, -0.1) is 0 Å². The van der Waals surface area contributed by atoms with Gasteiger partial charge < -0.3 is 20.3 Å². The number of hydrogen-bond donors (Lipinski definition) is 3. The van der Waals surface area contributed by atoms with Crippen LogP contribution in [0.3, 0.4) is 0 Å². The van der Waals surface area contributed by atoms with Crippen LogP contribution in [0.1, 0.15) is 22.9 Å². The van der Waals surface area contributed by atoms with E-state index in [9.17, 15) is 14.7 Å². The van der Waals surface area contributed by atoms with Gasteiger partial charge in [-0.1, -0.05) is 12.1 Å². The average molecular weight is 315 g/mol. The number of rotatable bonds is 4. The van der Waals surface area contributed by atoms with E-state index in [-0.39, 0.29) is 6.54 Å². The molecule has 6 nitrogen and oxygen atoms in total. The van der Waals surface area contributed by atoms with Crippen LogP contribution in [-0.4, -0.2) is 28.0 Å². The van der Waals surface area contributed by atoms with Crippen molar-refractivity contribution in [2.24, 2.45) is 7.05 Å². The predicted molar refractivity (Wildman–Crippen MR) is 87.9 cm³/mol. The SMILES string of the molecule is Cc1ccc(C)c(NC(=O)C(=O)NCC(O)c2cccn2C)c1. The summed E-state index contributed by atoms with van der Waals surface area (Å²) in [5, 5.41) is 15.0. The minimum atomic E-state index is -0.868. The molecule has 1 aromatic heterocycles. The summed E-state index contributed by atoms with van der Waals surface area (Å²) in [4.78, 5) is 23.8. The lowest BCUT2D eigenvalue weighted by molar-refractivity contribution is -0.136. The van der Waals surface area contributed by atoms with Gasteiger partial charge in [0, 0.05) is 31.2 Å². The van der Waals surface area contributed by atoms with Crippen LogP contribution in [0.4, 0.5) is 5.69 Å². The Hall–Kier alpha value is -2.60. The third-order valence-electron chi connectivity index (χ3n) is 3.63. The number of amides is 2. The van der Waals surface area contributed by atoms with Crippen LogP contribution in [0.5, 0.6) is 0 Å². The number of nitrogens with zero attached hydrogens (tertiary/aromatic N) is 1. The topological polar surface area (TPSA) is 83.4 Å². The fourth-order valence-electron chi connectivity index (χ4n) is 2.24. The van der Waals surface area contributed by atoms with Crippen molar-refractivity contribution in [3.05, 3.63) is 53.3 Å². The standard InChI is InChI=1S/C17H21N3O3/c1-11-6-7-12(2)13(9-11)19-17(23)16(22)18-10-15(21)14-5-4-8-20(14)3/h4-9,15,21H,10H2,1-3H3,(H,18,22)(H,19,23). The molecule has 0 saturated carbocycles. The second kappa shape index (κ2) is 7.11. The number of anilines is 1. The van der Waals surface area contributed by atoms with E-state index in [0.717, 1.165) is 11.1 Å². The molecule has 0 bridgehead atoms. The lowest BCUT2D eigenvalue weighted by Gasteiger charge is -2.13. The van der Waals surface area contributed by atoms with Gasteiger partial charge in [-0.05, 0) is 43.2 Å². The van der Waals surface area contributed by atoms with Gasteiger partial charge in [-0.3, -0.25) is 9.59 Å². The number of benzene rings is 1. The van der Waals surface area contributed by atoms with E-state index in [1.807, 2.05) is 26.0 Å². The first kappa shape index (κ1) is 16.8. The van der Waals surface area contributed by atoms with Crippen molar-refractivity contribution in [3.63, 3.8) is 0 Å². The number of carbonyl (C=O) groups excluding carboxylic acids is 2. The van der Waals surface area contributed by atoms with E-state index in [0.29, 0.717) is 11.4 Å². The van der Waals surface area contributed by atoms with Gasteiger partial charge in [0.25, 0.3) is 0 Å². The maximum absolute atomic E-state index is 11.9. The third-order valence-corrected chi connectivity index (χ3v) is 3.63. The Balaban J connectivity index is 1.91. The number of aromatic nitrogens is 1. The minimum absolute atomic E-state index is 0.0308. The van der Waals surface area contributed by atoms with Crippen molar-refractivity contribution in [2.45, 2.75) is 20.0 Å². The second-order valence-corrected chi connectivity index (χ2v) is 5.54. The molecule has 2 rings (SSSR count). The Labute approximate surface area is 135 Å². The molecule has 122 valence electrons. The zero-order valence-corrected chi connectivity index (χ0v) is 13.5. The molecule has 2 aromatic rings. The zero-order chi connectivity index (χ0) is 17.0. The Morgan fingerprint density at radius 1 is 1.22 bits per heavy atom. The first-order valence-corrected chi connectivity index (χ1v) is 7.34. The minimum Gasteiger partial charge on any atom is -0.385 e. The molecule has 6 heteroatoms. The highest BCUT2D eigenvalue weighted by atomic mass is 16.3. The Bertz CT molecular complexity index is 722. The van der Waals surface area contributed by atoms with E-state index in [1.54, 1.807) is 36.0 Å². The average Bonchev–Trinajstić information content (AvgIpc) is 2.94. The molecule has 0 aliphatic rings. The fourth-order valence-corrected chi connectivity index (χ4v) is 2.24. The van der Waals surface area contributed by atoms with E-state index in [1.165, 1.54) is 0 Å². The van der Waals surface area contributed by atoms with E-state index >= 15 is 0 Å². The van der Waals surface area contributed by atoms with E-state index < -0.39 is 17.9 Å². The molecule has 0 fully saturated rings. The fraction of sp³-hybridized carbons (Fsp3) is 0.294. The first-order valence-electron chi connectivity index (χ1n) is 7.34. The molecule has 0 aliphatic heterocycles. The molecule has 23 heavy (non-hydrogen) atoms. The largest absolute Gasteiger partial charge is 0.385 e. The van der Waals surface area contributed by atoms with Crippen molar-refractivity contribution in [3.8, 4) is 0 Å². The van der Waals surface area contributed by atoms with Crippen LogP contribution >= 0.6 is 0 Å². The molecule has 0 saturated heterocycles. The normalized spacial score (nSPS) is 11.8. The summed E-state index contributed by atoms with van der Waals surface area (Å²) < 4.78 is 1.76. The number of hydrogen-bond acceptors (Lipinski definition) is 3. The van der Waals surface area contributed by atoms with Crippen molar-refractivity contribution in [2.75, 3.05) is 11.9 Å². The Morgan fingerprint density at radius 3 is 2.61 bits per heavy atom.